The minimum atomic E-state index is -0.773. The van der Waals surface area contributed by atoms with Crippen molar-refractivity contribution in [1.29, 1.82) is 0 Å². The monoisotopic (exact) mass is 1050 g/mol. The van der Waals surface area contributed by atoms with Crippen LogP contribution in [0.5, 0.6) is 0 Å². The van der Waals surface area contributed by atoms with Crippen LogP contribution in [0, 0.1) is 0 Å². The summed E-state index contributed by atoms with van der Waals surface area (Å²) < 4.78 is 17.0. The van der Waals surface area contributed by atoms with Crippen LogP contribution in [-0.2, 0) is 28.6 Å². The molecule has 0 heterocycles. The van der Waals surface area contributed by atoms with Gasteiger partial charge in [-0.25, -0.2) is 0 Å². The van der Waals surface area contributed by atoms with E-state index < -0.39 is 6.10 Å². The summed E-state index contributed by atoms with van der Waals surface area (Å²) in [6, 6.07) is 0. The summed E-state index contributed by atoms with van der Waals surface area (Å²) in [5.74, 6) is -0.852. The van der Waals surface area contributed by atoms with Crippen molar-refractivity contribution < 1.29 is 28.6 Å². The number of esters is 3. The zero-order chi connectivity index (χ0) is 54.3. The normalized spacial score (nSPS) is 12.1. The molecular formula is C69H130O6. The lowest BCUT2D eigenvalue weighted by Gasteiger charge is -2.18. The van der Waals surface area contributed by atoms with Gasteiger partial charge in [0.05, 0.1) is 0 Å². The largest absolute Gasteiger partial charge is 0.462 e. The summed E-state index contributed by atoms with van der Waals surface area (Å²) in [5, 5.41) is 0. The SMILES string of the molecule is CCCCCC/C=C\C/C=C\CCCCCCCC(=O)OCC(COC(=O)CCCCCCCCCCCCCCCCCCCCCCCCC)OC(=O)CCCCCCCCCCCCCCCCCCCC. The highest BCUT2D eigenvalue weighted by atomic mass is 16.6. The van der Waals surface area contributed by atoms with Gasteiger partial charge in [0.2, 0.25) is 0 Å². The van der Waals surface area contributed by atoms with Crippen LogP contribution in [-0.4, -0.2) is 37.2 Å². The molecule has 0 aromatic carbocycles. The van der Waals surface area contributed by atoms with Gasteiger partial charge in [-0.3, -0.25) is 14.4 Å². The van der Waals surface area contributed by atoms with E-state index >= 15 is 0 Å². The number of hydrogen-bond donors (Lipinski definition) is 0. The number of carbonyl (C=O) groups is 3. The van der Waals surface area contributed by atoms with E-state index in [-0.39, 0.29) is 31.1 Å². The van der Waals surface area contributed by atoms with Gasteiger partial charge in [0.1, 0.15) is 13.2 Å². The average Bonchev–Trinajstić information content (AvgIpc) is 3.41. The Labute approximate surface area is 468 Å². The molecule has 0 saturated carbocycles. The van der Waals surface area contributed by atoms with E-state index in [0.29, 0.717) is 19.3 Å². The Morgan fingerprint density at radius 2 is 0.480 bits per heavy atom. The van der Waals surface area contributed by atoms with Crippen molar-refractivity contribution in [3.8, 4) is 0 Å². The maximum absolute atomic E-state index is 12.9. The molecule has 0 bridgehead atoms. The minimum Gasteiger partial charge on any atom is -0.462 e. The highest BCUT2D eigenvalue weighted by Crippen LogP contribution is 2.18. The topological polar surface area (TPSA) is 78.9 Å². The van der Waals surface area contributed by atoms with Crippen LogP contribution in [0.15, 0.2) is 24.3 Å². The summed E-state index contributed by atoms with van der Waals surface area (Å²) in [7, 11) is 0. The molecule has 75 heavy (non-hydrogen) atoms. The van der Waals surface area contributed by atoms with Gasteiger partial charge in [-0.05, 0) is 51.4 Å². The predicted octanol–water partition coefficient (Wildman–Crippen LogP) is 23.0. The minimum absolute atomic E-state index is 0.0693. The van der Waals surface area contributed by atoms with Crippen LogP contribution in [0.25, 0.3) is 0 Å². The van der Waals surface area contributed by atoms with Gasteiger partial charge < -0.3 is 14.2 Å². The quantitative estimate of drug-likeness (QED) is 0.0261. The zero-order valence-electron chi connectivity index (χ0n) is 50.8. The molecule has 0 aliphatic heterocycles. The number of unbranched alkanes of at least 4 members (excludes halogenated alkanes) is 48. The van der Waals surface area contributed by atoms with Crippen molar-refractivity contribution in [3.05, 3.63) is 24.3 Å². The fraction of sp³-hybridized carbons (Fsp3) is 0.899. The number of ether oxygens (including phenoxy) is 3. The molecule has 0 N–H and O–H groups in total. The zero-order valence-corrected chi connectivity index (χ0v) is 50.8. The molecule has 0 radical (unpaired) electrons. The first-order chi connectivity index (χ1) is 37.0. The van der Waals surface area contributed by atoms with Crippen molar-refractivity contribution in [2.45, 2.75) is 386 Å². The van der Waals surface area contributed by atoms with Crippen molar-refractivity contribution >= 4 is 17.9 Å². The Morgan fingerprint density at radius 1 is 0.267 bits per heavy atom. The summed E-state index contributed by atoms with van der Waals surface area (Å²) in [5.41, 5.74) is 0. The summed E-state index contributed by atoms with van der Waals surface area (Å²) >= 11 is 0. The van der Waals surface area contributed by atoms with E-state index in [1.807, 2.05) is 0 Å². The highest BCUT2D eigenvalue weighted by Gasteiger charge is 2.19. The average molecular weight is 1060 g/mol. The van der Waals surface area contributed by atoms with Crippen molar-refractivity contribution in [3.63, 3.8) is 0 Å². The van der Waals surface area contributed by atoms with Crippen molar-refractivity contribution in [2.24, 2.45) is 0 Å². The van der Waals surface area contributed by atoms with Gasteiger partial charge in [-0.15, -0.1) is 0 Å². The van der Waals surface area contributed by atoms with Crippen LogP contribution >= 0.6 is 0 Å². The van der Waals surface area contributed by atoms with Crippen LogP contribution in [0.3, 0.4) is 0 Å². The maximum Gasteiger partial charge on any atom is 0.306 e. The summed E-state index contributed by atoms with van der Waals surface area (Å²) in [6.07, 6.45) is 77.6. The molecule has 442 valence electrons. The first-order valence-corrected chi connectivity index (χ1v) is 33.8. The molecule has 0 saturated heterocycles. The summed E-state index contributed by atoms with van der Waals surface area (Å²) in [6.45, 7) is 6.69. The number of hydrogen-bond acceptors (Lipinski definition) is 6. The van der Waals surface area contributed by atoms with Gasteiger partial charge in [-0.2, -0.15) is 0 Å². The van der Waals surface area contributed by atoms with Crippen LogP contribution in [0.1, 0.15) is 380 Å². The third-order valence-electron chi connectivity index (χ3n) is 15.5. The van der Waals surface area contributed by atoms with E-state index in [0.717, 1.165) is 77.0 Å². The lowest BCUT2D eigenvalue weighted by atomic mass is 10.0. The second-order valence-corrected chi connectivity index (χ2v) is 23.1. The maximum atomic E-state index is 12.9. The Hall–Kier alpha value is -2.11. The molecule has 6 heteroatoms. The molecule has 0 amide bonds. The Balaban J connectivity index is 4.28. The number of rotatable bonds is 63. The van der Waals surface area contributed by atoms with Gasteiger partial charge in [-0.1, -0.05) is 334 Å². The molecule has 6 nitrogen and oxygen atoms in total. The molecule has 0 aromatic heterocycles. The highest BCUT2D eigenvalue weighted by molar-refractivity contribution is 5.71. The van der Waals surface area contributed by atoms with Crippen LogP contribution in [0.4, 0.5) is 0 Å². The van der Waals surface area contributed by atoms with E-state index in [2.05, 4.69) is 45.1 Å². The molecule has 0 fully saturated rings. The second kappa shape index (κ2) is 64.4. The lowest BCUT2D eigenvalue weighted by Crippen LogP contribution is -2.30. The third-order valence-corrected chi connectivity index (χ3v) is 15.5. The molecular weight excluding hydrogens is 925 g/mol. The van der Waals surface area contributed by atoms with E-state index in [1.54, 1.807) is 0 Å². The van der Waals surface area contributed by atoms with Crippen molar-refractivity contribution in [1.82, 2.24) is 0 Å². The van der Waals surface area contributed by atoms with Gasteiger partial charge >= 0.3 is 17.9 Å². The fourth-order valence-electron chi connectivity index (χ4n) is 10.4. The van der Waals surface area contributed by atoms with E-state index in [9.17, 15) is 14.4 Å². The van der Waals surface area contributed by atoms with Crippen LogP contribution < -0.4 is 0 Å². The van der Waals surface area contributed by atoms with Crippen molar-refractivity contribution in [2.75, 3.05) is 13.2 Å². The van der Waals surface area contributed by atoms with E-state index in [4.69, 9.17) is 14.2 Å². The Morgan fingerprint density at radius 3 is 0.747 bits per heavy atom. The standard InChI is InChI=1S/C69H130O6/c1-4-7-10-13-16-19-22-25-28-31-33-34-35-36-37-39-41-44-47-50-53-56-59-62-68(71)74-65-66(64-73-67(70)61-58-55-52-49-46-43-40-30-27-24-21-18-15-12-9-6-3)75-69(72)63-60-57-54-51-48-45-42-38-32-29-26-23-20-17-14-11-8-5-2/h21,24,30,40,66H,4-20,22-23,25-29,31-39,41-65H2,1-3H3/b24-21-,40-30-. The third kappa shape index (κ3) is 62.6. The van der Waals surface area contributed by atoms with Crippen LogP contribution in [0.2, 0.25) is 0 Å². The molecule has 0 rings (SSSR count). The first kappa shape index (κ1) is 72.9. The molecule has 1 unspecified atom stereocenters. The Kier molecular flexibility index (Phi) is 62.6. The first-order valence-electron chi connectivity index (χ1n) is 33.8. The molecule has 0 aliphatic carbocycles. The van der Waals surface area contributed by atoms with Gasteiger partial charge in [0, 0.05) is 19.3 Å². The molecule has 0 aromatic rings. The second-order valence-electron chi connectivity index (χ2n) is 23.1. The molecule has 1 atom stereocenters. The smallest absolute Gasteiger partial charge is 0.306 e. The number of carbonyl (C=O) groups excluding carboxylic acids is 3. The lowest BCUT2D eigenvalue weighted by molar-refractivity contribution is -0.167. The summed E-state index contributed by atoms with van der Waals surface area (Å²) in [4.78, 5) is 38.4. The Bertz CT molecular complexity index is 1210. The molecule has 0 spiro atoms. The van der Waals surface area contributed by atoms with Gasteiger partial charge in [0.25, 0.3) is 0 Å². The number of allylic oxidation sites excluding steroid dienone is 4. The van der Waals surface area contributed by atoms with E-state index in [1.165, 1.54) is 263 Å². The predicted molar refractivity (Wildman–Crippen MR) is 326 cm³/mol. The fourth-order valence-corrected chi connectivity index (χ4v) is 10.4. The molecule has 0 aliphatic rings. The van der Waals surface area contributed by atoms with Gasteiger partial charge in [0.15, 0.2) is 6.10 Å².